The summed E-state index contributed by atoms with van der Waals surface area (Å²) in [4.78, 5) is 10.7. The first-order valence-corrected chi connectivity index (χ1v) is 5.90. The van der Waals surface area contributed by atoms with Gasteiger partial charge in [0.1, 0.15) is 18.0 Å². The Kier molecular flexibility index (Phi) is 4.21. The Morgan fingerprint density at radius 2 is 2.00 bits per heavy atom. The second kappa shape index (κ2) is 5.91. The van der Waals surface area contributed by atoms with Crippen molar-refractivity contribution in [3.63, 3.8) is 0 Å². The minimum Gasteiger partial charge on any atom is -0.369 e. The molecule has 114 valence electrons. The van der Waals surface area contributed by atoms with Gasteiger partial charge in [-0.1, -0.05) is 0 Å². The van der Waals surface area contributed by atoms with E-state index in [0.29, 0.717) is 18.8 Å². The van der Waals surface area contributed by atoms with E-state index in [2.05, 4.69) is 30.8 Å². The number of alkyl halides is 3. The molecule has 0 saturated carbocycles. The minimum atomic E-state index is -4.65. The van der Waals surface area contributed by atoms with Crippen LogP contribution in [-0.2, 0) is 19.6 Å². The number of anilines is 2. The quantitative estimate of drug-likeness (QED) is 0.547. The number of halogens is 3. The van der Waals surface area contributed by atoms with Crippen LogP contribution in [0.1, 0.15) is 11.6 Å². The molecule has 0 aliphatic rings. The van der Waals surface area contributed by atoms with E-state index in [1.807, 2.05) is 0 Å². The molecular formula is C10H13F3N8. The van der Waals surface area contributed by atoms with Crippen molar-refractivity contribution in [2.45, 2.75) is 12.6 Å². The third-order valence-corrected chi connectivity index (χ3v) is 2.43. The van der Waals surface area contributed by atoms with E-state index in [1.54, 1.807) is 7.05 Å². The molecule has 0 atom stereocenters. The van der Waals surface area contributed by atoms with Gasteiger partial charge in [-0.25, -0.2) is 20.8 Å². The van der Waals surface area contributed by atoms with Crippen molar-refractivity contribution in [3.05, 3.63) is 24.0 Å². The molecule has 0 aliphatic heterocycles. The SMILES string of the molecule is Cn1cnc(CCNc2cc(NN)nc(C(F)(F)F)n2)n1. The Labute approximate surface area is 117 Å². The maximum Gasteiger partial charge on any atom is 0.451 e. The molecule has 4 N–H and O–H groups in total. The average Bonchev–Trinajstić information content (AvgIpc) is 2.83. The molecular weight excluding hydrogens is 289 g/mol. The van der Waals surface area contributed by atoms with E-state index in [4.69, 9.17) is 5.84 Å². The van der Waals surface area contributed by atoms with Gasteiger partial charge >= 0.3 is 6.18 Å². The van der Waals surface area contributed by atoms with Crippen LogP contribution in [0.3, 0.4) is 0 Å². The van der Waals surface area contributed by atoms with Gasteiger partial charge in [-0.15, -0.1) is 0 Å². The van der Waals surface area contributed by atoms with Gasteiger partial charge in [0, 0.05) is 26.1 Å². The van der Waals surface area contributed by atoms with E-state index in [9.17, 15) is 13.2 Å². The first kappa shape index (κ1) is 15.0. The van der Waals surface area contributed by atoms with E-state index in [0.717, 1.165) is 0 Å². The van der Waals surface area contributed by atoms with Gasteiger partial charge in [-0.3, -0.25) is 4.68 Å². The second-order valence-corrected chi connectivity index (χ2v) is 4.12. The molecule has 0 unspecified atom stereocenters. The molecule has 0 spiro atoms. The van der Waals surface area contributed by atoms with Gasteiger partial charge in [0.25, 0.3) is 0 Å². The summed E-state index contributed by atoms with van der Waals surface area (Å²) in [5.74, 6) is 4.29. The number of nitrogens with two attached hydrogens (primary N) is 1. The highest BCUT2D eigenvalue weighted by Crippen LogP contribution is 2.28. The number of aryl methyl sites for hydroxylation is 1. The predicted octanol–water partition coefficient (Wildman–Crippen LogP) is 0.564. The van der Waals surface area contributed by atoms with Crippen molar-refractivity contribution in [2.75, 3.05) is 17.3 Å². The molecule has 11 heteroatoms. The van der Waals surface area contributed by atoms with Crippen molar-refractivity contribution >= 4 is 11.6 Å². The summed E-state index contributed by atoms with van der Waals surface area (Å²) in [6.07, 6.45) is -2.67. The summed E-state index contributed by atoms with van der Waals surface area (Å²) in [7, 11) is 1.73. The van der Waals surface area contributed by atoms with Gasteiger partial charge in [-0.05, 0) is 0 Å². The normalized spacial score (nSPS) is 11.5. The highest BCUT2D eigenvalue weighted by molar-refractivity contribution is 5.47. The lowest BCUT2D eigenvalue weighted by Gasteiger charge is -2.10. The van der Waals surface area contributed by atoms with Gasteiger partial charge in [0.05, 0.1) is 0 Å². The molecule has 2 aromatic heterocycles. The monoisotopic (exact) mass is 302 g/mol. The number of hydrogen-bond donors (Lipinski definition) is 3. The second-order valence-electron chi connectivity index (χ2n) is 4.12. The standard InChI is InChI=1S/C10H13F3N8/c1-21-5-16-6(20-21)2-3-15-7-4-8(19-14)18-9(17-7)10(11,12)13/h4-5H,2-3,14H2,1H3,(H2,15,17,18,19). The van der Waals surface area contributed by atoms with Crippen LogP contribution >= 0.6 is 0 Å². The maximum absolute atomic E-state index is 12.6. The summed E-state index contributed by atoms with van der Waals surface area (Å²) in [5.41, 5.74) is 2.07. The molecule has 0 saturated heterocycles. The molecule has 21 heavy (non-hydrogen) atoms. The first-order valence-electron chi connectivity index (χ1n) is 5.90. The lowest BCUT2D eigenvalue weighted by atomic mass is 10.4. The highest BCUT2D eigenvalue weighted by atomic mass is 19.4. The van der Waals surface area contributed by atoms with Crippen molar-refractivity contribution in [1.29, 1.82) is 0 Å². The van der Waals surface area contributed by atoms with Crippen LogP contribution in [0.25, 0.3) is 0 Å². The number of rotatable bonds is 5. The Hall–Kier alpha value is -2.43. The Balaban J connectivity index is 2.05. The van der Waals surface area contributed by atoms with Crippen LogP contribution in [0.4, 0.5) is 24.8 Å². The van der Waals surface area contributed by atoms with E-state index in [-0.39, 0.29) is 11.6 Å². The third-order valence-electron chi connectivity index (χ3n) is 2.43. The Morgan fingerprint density at radius 3 is 2.57 bits per heavy atom. The fraction of sp³-hybridized carbons (Fsp3) is 0.400. The zero-order valence-corrected chi connectivity index (χ0v) is 11.0. The molecule has 0 bridgehead atoms. The molecule has 0 fully saturated rings. The number of aromatic nitrogens is 5. The number of nitrogen functional groups attached to an aromatic ring is 1. The molecule has 0 amide bonds. The molecule has 2 rings (SSSR count). The van der Waals surface area contributed by atoms with Crippen molar-refractivity contribution in [1.82, 2.24) is 24.7 Å². The predicted molar refractivity (Wildman–Crippen MR) is 68.0 cm³/mol. The van der Waals surface area contributed by atoms with Crippen LogP contribution in [0.2, 0.25) is 0 Å². The van der Waals surface area contributed by atoms with Gasteiger partial charge < -0.3 is 10.7 Å². The topological polar surface area (TPSA) is 107 Å². The zero-order valence-electron chi connectivity index (χ0n) is 11.0. The summed E-state index contributed by atoms with van der Waals surface area (Å²) in [6, 6.07) is 1.28. The number of nitrogens with one attached hydrogen (secondary N) is 2. The lowest BCUT2D eigenvalue weighted by molar-refractivity contribution is -0.144. The smallest absolute Gasteiger partial charge is 0.369 e. The third kappa shape index (κ3) is 4.02. The molecule has 0 radical (unpaired) electrons. The van der Waals surface area contributed by atoms with E-state index >= 15 is 0 Å². The van der Waals surface area contributed by atoms with E-state index in [1.165, 1.54) is 17.1 Å². The van der Waals surface area contributed by atoms with Crippen LogP contribution < -0.4 is 16.6 Å². The summed E-state index contributed by atoms with van der Waals surface area (Å²) < 4.78 is 39.4. The van der Waals surface area contributed by atoms with E-state index < -0.39 is 12.0 Å². The lowest BCUT2D eigenvalue weighted by Crippen LogP contribution is -2.18. The fourth-order valence-electron chi connectivity index (χ4n) is 1.54. The van der Waals surface area contributed by atoms with Crippen LogP contribution in [-0.4, -0.2) is 31.3 Å². The summed E-state index contributed by atoms with van der Waals surface area (Å²) in [6.45, 7) is 0.322. The fourth-order valence-corrected chi connectivity index (χ4v) is 1.54. The maximum atomic E-state index is 12.6. The summed E-state index contributed by atoms with van der Waals surface area (Å²) >= 11 is 0. The largest absolute Gasteiger partial charge is 0.451 e. The molecule has 2 heterocycles. The summed E-state index contributed by atoms with van der Waals surface area (Å²) in [5, 5.41) is 6.81. The first-order chi connectivity index (χ1) is 9.88. The van der Waals surface area contributed by atoms with Crippen LogP contribution in [0, 0.1) is 0 Å². The Morgan fingerprint density at radius 1 is 1.29 bits per heavy atom. The van der Waals surface area contributed by atoms with Gasteiger partial charge in [0.15, 0.2) is 5.82 Å². The Bertz CT molecular complexity index is 609. The molecule has 0 aliphatic carbocycles. The van der Waals surface area contributed by atoms with Crippen LogP contribution in [0.5, 0.6) is 0 Å². The zero-order chi connectivity index (χ0) is 15.5. The van der Waals surface area contributed by atoms with Crippen molar-refractivity contribution in [3.8, 4) is 0 Å². The van der Waals surface area contributed by atoms with Crippen molar-refractivity contribution in [2.24, 2.45) is 12.9 Å². The van der Waals surface area contributed by atoms with Gasteiger partial charge in [-0.2, -0.15) is 18.3 Å². The number of hydrazine groups is 1. The molecule has 8 nitrogen and oxygen atoms in total. The molecule has 0 aromatic carbocycles. The minimum absolute atomic E-state index is 0.0150. The van der Waals surface area contributed by atoms with Crippen molar-refractivity contribution < 1.29 is 13.2 Å². The molecule has 2 aromatic rings. The average molecular weight is 302 g/mol. The number of hydrogen-bond acceptors (Lipinski definition) is 7. The highest BCUT2D eigenvalue weighted by Gasteiger charge is 2.35. The van der Waals surface area contributed by atoms with Crippen LogP contribution in [0.15, 0.2) is 12.4 Å². The van der Waals surface area contributed by atoms with Gasteiger partial charge in [0.2, 0.25) is 5.82 Å². The number of nitrogens with zero attached hydrogens (tertiary/aromatic N) is 5.